The van der Waals surface area contributed by atoms with Crippen LogP contribution in [0.3, 0.4) is 0 Å². The summed E-state index contributed by atoms with van der Waals surface area (Å²) in [7, 11) is 0. The van der Waals surface area contributed by atoms with Gasteiger partial charge in [-0.2, -0.15) is 0 Å². The molecule has 1 N–H and O–H groups in total. The van der Waals surface area contributed by atoms with Crippen LogP contribution in [0.2, 0.25) is 0 Å². The molecule has 102 valence electrons. The average Bonchev–Trinajstić information content (AvgIpc) is 2.91. The molecule has 0 aliphatic rings. The second kappa shape index (κ2) is 6.24. The van der Waals surface area contributed by atoms with Crippen LogP contribution in [0.4, 0.5) is 5.69 Å². The van der Waals surface area contributed by atoms with Crippen molar-refractivity contribution in [3.05, 3.63) is 52.4 Å². The van der Waals surface area contributed by atoms with Gasteiger partial charge in [0.2, 0.25) is 0 Å². The maximum atomic E-state index is 5.68. The SMILES string of the molecule is Brc1cccc(OCCNc2ccc3ncsc3c2)c1. The number of rotatable bonds is 5. The van der Waals surface area contributed by atoms with Crippen LogP contribution in [-0.2, 0) is 0 Å². The normalized spacial score (nSPS) is 10.7. The Balaban J connectivity index is 1.52. The predicted octanol–water partition coefficient (Wildman–Crippen LogP) is 4.55. The molecule has 0 atom stereocenters. The number of fused-ring (bicyclic) bond motifs is 1. The Labute approximate surface area is 129 Å². The number of hydrogen-bond donors (Lipinski definition) is 1. The van der Waals surface area contributed by atoms with Gasteiger partial charge in [-0.1, -0.05) is 22.0 Å². The zero-order valence-electron chi connectivity index (χ0n) is 10.7. The quantitative estimate of drug-likeness (QED) is 0.686. The van der Waals surface area contributed by atoms with Crippen LogP contribution in [0.15, 0.2) is 52.4 Å². The Kier molecular flexibility index (Phi) is 4.18. The minimum atomic E-state index is 0.622. The fourth-order valence-electron chi connectivity index (χ4n) is 1.89. The first kappa shape index (κ1) is 13.4. The molecule has 3 rings (SSSR count). The lowest BCUT2D eigenvalue weighted by Gasteiger charge is -2.08. The predicted molar refractivity (Wildman–Crippen MR) is 87.7 cm³/mol. The first-order valence-corrected chi connectivity index (χ1v) is 7.94. The van der Waals surface area contributed by atoms with Crippen molar-refractivity contribution in [3.63, 3.8) is 0 Å². The zero-order valence-corrected chi connectivity index (χ0v) is 13.1. The zero-order chi connectivity index (χ0) is 13.8. The molecule has 0 fully saturated rings. The highest BCUT2D eigenvalue weighted by Crippen LogP contribution is 2.21. The Bertz CT molecular complexity index is 714. The molecular weight excluding hydrogens is 336 g/mol. The van der Waals surface area contributed by atoms with Crippen LogP contribution < -0.4 is 10.1 Å². The number of benzene rings is 2. The minimum absolute atomic E-state index is 0.622. The van der Waals surface area contributed by atoms with E-state index >= 15 is 0 Å². The molecule has 0 saturated carbocycles. The summed E-state index contributed by atoms with van der Waals surface area (Å²) in [4.78, 5) is 4.27. The standard InChI is InChI=1S/C15H13BrN2OS/c16-11-2-1-3-13(8-11)19-7-6-17-12-4-5-14-15(9-12)20-10-18-14/h1-5,8-10,17H,6-7H2. The number of thiazole rings is 1. The average molecular weight is 349 g/mol. The highest BCUT2D eigenvalue weighted by Gasteiger charge is 1.99. The van der Waals surface area contributed by atoms with Crippen molar-refractivity contribution >= 4 is 43.2 Å². The van der Waals surface area contributed by atoms with Gasteiger partial charge in [0.25, 0.3) is 0 Å². The molecule has 0 bridgehead atoms. The number of nitrogens with one attached hydrogen (secondary N) is 1. The molecule has 1 heterocycles. The van der Waals surface area contributed by atoms with E-state index in [1.165, 1.54) is 4.70 Å². The molecule has 0 amide bonds. The number of ether oxygens (including phenoxy) is 1. The van der Waals surface area contributed by atoms with E-state index in [9.17, 15) is 0 Å². The third-order valence-electron chi connectivity index (χ3n) is 2.83. The summed E-state index contributed by atoms with van der Waals surface area (Å²) < 4.78 is 7.90. The van der Waals surface area contributed by atoms with Gasteiger partial charge in [-0.05, 0) is 36.4 Å². The van der Waals surface area contributed by atoms with Crippen molar-refractivity contribution in [2.24, 2.45) is 0 Å². The third kappa shape index (κ3) is 3.29. The van der Waals surface area contributed by atoms with Gasteiger partial charge in [-0.15, -0.1) is 11.3 Å². The van der Waals surface area contributed by atoms with Crippen molar-refractivity contribution in [1.82, 2.24) is 4.98 Å². The number of halogens is 1. The third-order valence-corrected chi connectivity index (χ3v) is 4.11. The van der Waals surface area contributed by atoms with Crippen LogP contribution in [-0.4, -0.2) is 18.1 Å². The van der Waals surface area contributed by atoms with E-state index in [1.54, 1.807) is 11.3 Å². The lowest BCUT2D eigenvalue weighted by molar-refractivity contribution is 0.332. The van der Waals surface area contributed by atoms with Gasteiger partial charge in [-0.25, -0.2) is 4.98 Å². The van der Waals surface area contributed by atoms with E-state index in [1.807, 2.05) is 41.9 Å². The molecule has 0 spiro atoms. The lowest BCUT2D eigenvalue weighted by atomic mass is 10.3. The lowest BCUT2D eigenvalue weighted by Crippen LogP contribution is -2.11. The maximum Gasteiger partial charge on any atom is 0.120 e. The topological polar surface area (TPSA) is 34.1 Å². The molecule has 0 radical (unpaired) electrons. The fourth-order valence-corrected chi connectivity index (χ4v) is 2.98. The molecule has 0 aliphatic heterocycles. The largest absolute Gasteiger partial charge is 0.492 e. The Hall–Kier alpha value is -1.59. The van der Waals surface area contributed by atoms with Crippen LogP contribution in [0.5, 0.6) is 5.75 Å². The van der Waals surface area contributed by atoms with Gasteiger partial charge in [0.05, 0.1) is 15.7 Å². The van der Waals surface area contributed by atoms with E-state index in [2.05, 4.69) is 32.3 Å². The summed E-state index contributed by atoms with van der Waals surface area (Å²) >= 11 is 5.08. The summed E-state index contributed by atoms with van der Waals surface area (Å²) in [6, 6.07) is 14.0. The number of anilines is 1. The van der Waals surface area contributed by atoms with Crippen LogP contribution in [0, 0.1) is 0 Å². The molecule has 0 unspecified atom stereocenters. The van der Waals surface area contributed by atoms with Crippen molar-refractivity contribution in [2.75, 3.05) is 18.5 Å². The molecule has 0 saturated heterocycles. The van der Waals surface area contributed by atoms with E-state index in [4.69, 9.17) is 4.74 Å². The van der Waals surface area contributed by atoms with Crippen molar-refractivity contribution in [2.45, 2.75) is 0 Å². The van der Waals surface area contributed by atoms with Gasteiger partial charge < -0.3 is 10.1 Å². The Morgan fingerprint density at radius 3 is 3.05 bits per heavy atom. The number of nitrogens with zero attached hydrogens (tertiary/aromatic N) is 1. The molecule has 20 heavy (non-hydrogen) atoms. The fraction of sp³-hybridized carbons (Fsp3) is 0.133. The highest BCUT2D eigenvalue weighted by atomic mass is 79.9. The molecule has 0 aliphatic carbocycles. The monoisotopic (exact) mass is 348 g/mol. The summed E-state index contributed by atoms with van der Waals surface area (Å²) in [5, 5.41) is 3.35. The second-order valence-electron chi connectivity index (χ2n) is 4.27. The molecule has 2 aromatic carbocycles. The van der Waals surface area contributed by atoms with E-state index in [0.717, 1.165) is 28.0 Å². The van der Waals surface area contributed by atoms with Gasteiger partial charge in [-0.3, -0.25) is 0 Å². The van der Waals surface area contributed by atoms with Crippen molar-refractivity contribution < 1.29 is 4.74 Å². The Morgan fingerprint density at radius 2 is 2.15 bits per heavy atom. The summed E-state index contributed by atoms with van der Waals surface area (Å²) in [6.07, 6.45) is 0. The summed E-state index contributed by atoms with van der Waals surface area (Å²) in [5.41, 5.74) is 4.01. The van der Waals surface area contributed by atoms with Gasteiger partial charge in [0.1, 0.15) is 12.4 Å². The molecule has 5 heteroatoms. The van der Waals surface area contributed by atoms with Crippen LogP contribution >= 0.6 is 27.3 Å². The maximum absolute atomic E-state index is 5.68. The Morgan fingerprint density at radius 1 is 1.20 bits per heavy atom. The number of aromatic nitrogens is 1. The smallest absolute Gasteiger partial charge is 0.120 e. The van der Waals surface area contributed by atoms with E-state index < -0.39 is 0 Å². The van der Waals surface area contributed by atoms with Crippen molar-refractivity contribution in [3.8, 4) is 5.75 Å². The minimum Gasteiger partial charge on any atom is -0.492 e. The van der Waals surface area contributed by atoms with Gasteiger partial charge in [0.15, 0.2) is 0 Å². The van der Waals surface area contributed by atoms with E-state index in [-0.39, 0.29) is 0 Å². The molecule has 3 aromatic rings. The second-order valence-corrected chi connectivity index (χ2v) is 6.07. The first-order chi connectivity index (χ1) is 9.81. The molecular formula is C15H13BrN2OS. The first-order valence-electron chi connectivity index (χ1n) is 6.27. The molecule has 3 nitrogen and oxygen atoms in total. The van der Waals surface area contributed by atoms with E-state index in [0.29, 0.717) is 6.61 Å². The summed E-state index contributed by atoms with van der Waals surface area (Å²) in [5.74, 6) is 0.874. The number of hydrogen-bond acceptors (Lipinski definition) is 4. The summed E-state index contributed by atoms with van der Waals surface area (Å²) in [6.45, 7) is 1.38. The van der Waals surface area contributed by atoms with Crippen molar-refractivity contribution in [1.29, 1.82) is 0 Å². The van der Waals surface area contributed by atoms with Crippen LogP contribution in [0.25, 0.3) is 10.2 Å². The molecule has 1 aromatic heterocycles. The van der Waals surface area contributed by atoms with Crippen LogP contribution in [0.1, 0.15) is 0 Å². The van der Waals surface area contributed by atoms with Gasteiger partial charge >= 0.3 is 0 Å². The highest BCUT2D eigenvalue weighted by molar-refractivity contribution is 9.10. The van der Waals surface area contributed by atoms with Gasteiger partial charge in [0, 0.05) is 16.7 Å².